The number of fused-ring (bicyclic) bond motifs is 1. The van der Waals surface area contributed by atoms with Crippen molar-refractivity contribution < 1.29 is 5.11 Å². The number of imidazole rings is 1. The van der Waals surface area contributed by atoms with Gasteiger partial charge in [0.05, 0.1) is 11.9 Å². The second-order valence-electron chi connectivity index (χ2n) is 5.41. The van der Waals surface area contributed by atoms with Crippen LogP contribution in [-0.4, -0.2) is 19.5 Å². The summed E-state index contributed by atoms with van der Waals surface area (Å²) in [6.07, 6.45) is 4.10. The molecule has 0 atom stereocenters. The number of nitrogens with zero attached hydrogens (tertiary/aromatic N) is 3. The van der Waals surface area contributed by atoms with Crippen molar-refractivity contribution in [3.8, 4) is 17.1 Å². The van der Waals surface area contributed by atoms with Crippen LogP contribution in [0.2, 0.25) is 0 Å². The van der Waals surface area contributed by atoms with E-state index in [1.807, 2.05) is 66.9 Å². The number of hydrogen-bond donors (Lipinski definition) is 1. The number of halogens is 1. The van der Waals surface area contributed by atoms with E-state index in [4.69, 9.17) is 0 Å². The van der Waals surface area contributed by atoms with Gasteiger partial charge in [-0.05, 0) is 5.56 Å². The van der Waals surface area contributed by atoms with E-state index < -0.39 is 0 Å². The predicted molar refractivity (Wildman–Crippen MR) is 96.6 cm³/mol. The van der Waals surface area contributed by atoms with Crippen LogP contribution in [0.3, 0.4) is 0 Å². The number of aromatic nitrogens is 3. The molecule has 0 fully saturated rings. The van der Waals surface area contributed by atoms with E-state index in [1.54, 1.807) is 10.6 Å². The van der Waals surface area contributed by atoms with Crippen molar-refractivity contribution in [3.63, 3.8) is 0 Å². The van der Waals surface area contributed by atoms with Gasteiger partial charge in [0.2, 0.25) is 5.88 Å². The maximum atomic E-state index is 10.5. The molecule has 24 heavy (non-hydrogen) atoms. The van der Waals surface area contributed by atoms with Gasteiger partial charge >= 0.3 is 0 Å². The Bertz CT molecular complexity index is 952. The normalized spacial score (nSPS) is 10.5. The lowest BCUT2D eigenvalue weighted by molar-refractivity contribution is 0.442. The van der Waals surface area contributed by atoms with Gasteiger partial charge in [0.1, 0.15) is 5.69 Å². The second kappa shape index (κ2) is 6.72. The average molecular weight is 338 g/mol. The van der Waals surface area contributed by atoms with Crippen LogP contribution in [0.1, 0.15) is 11.3 Å². The summed E-state index contributed by atoms with van der Waals surface area (Å²) >= 11 is 0. The Kier molecular flexibility index (Phi) is 4.49. The van der Waals surface area contributed by atoms with E-state index in [0.29, 0.717) is 17.8 Å². The third-order valence-electron chi connectivity index (χ3n) is 3.84. The minimum atomic E-state index is 0. The summed E-state index contributed by atoms with van der Waals surface area (Å²) in [5.74, 6) is 0.170. The molecule has 0 radical (unpaired) electrons. The van der Waals surface area contributed by atoms with Crippen molar-refractivity contribution in [2.24, 2.45) is 0 Å². The van der Waals surface area contributed by atoms with Gasteiger partial charge in [-0.2, -0.15) is 0 Å². The Hall–Kier alpha value is -2.85. The zero-order chi connectivity index (χ0) is 15.6. The predicted octanol–water partition coefficient (Wildman–Crippen LogP) is 4.11. The fourth-order valence-corrected chi connectivity index (χ4v) is 2.66. The van der Waals surface area contributed by atoms with Crippen molar-refractivity contribution in [2.75, 3.05) is 0 Å². The Morgan fingerprint density at radius 1 is 0.917 bits per heavy atom. The van der Waals surface area contributed by atoms with Crippen LogP contribution < -0.4 is 0 Å². The molecule has 5 heteroatoms. The molecule has 0 saturated heterocycles. The molecule has 0 aliphatic rings. The number of rotatable bonds is 3. The highest BCUT2D eigenvalue weighted by Crippen LogP contribution is 2.24. The van der Waals surface area contributed by atoms with Crippen LogP contribution >= 0.6 is 12.4 Å². The molecule has 4 nitrogen and oxygen atoms in total. The highest BCUT2D eigenvalue weighted by atomic mass is 35.5. The van der Waals surface area contributed by atoms with Crippen LogP contribution in [0.15, 0.2) is 73.1 Å². The lowest BCUT2D eigenvalue weighted by Crippen LogP contribution is -1.90. The summed E-state index contributed by atoms with van der Waals surface area (Å²) in [7, 11) is 0. The first kappa shape index (κ1) is 16.0. The minimum Gasteiger partial charge on any atom is -0.493 e. The van der Waals surface area contributed by atoms with Crippen molar-refractivity contribution in [2.45, 2.75) is 6.42 Å². The maximum absolute atomic E-state index is 10.5. The number of benzene rings is 2. The third kappa shape index (κ3) is 2.96. The van der Waals surface area contributed by atoms with E-state index in [9.17, 15) is 5.11 Å². The zero-order valence-corrected chi connectivity index (χ0v) is 13.6. The van der Waals surface area contributed by atoms with Crippen LogP contribution in [0.25, 0.3) is 16.9 Å². The first-order valence-electron chi connectivity index (χ1n) is 7.46. The third-order valence-corrected chi connectivity index (χ3v) is 3.84. The lowest BCUT2D eigenvalue weighted by atomic mass is 10.1. The summed E-state index contributed by atoms with van der Waals surface area (Å²) in [6.45, 7) is 0. The van der Waals surface area contributed by atoms with Crippen molar-refractivity contribution in [3.05, 3.63) is 84.3 Å². The molecule has 0 saturated carbocycles. The average Bonchev–Trinajstić information content (AvgIpc) is 2.92. The summed E-state index contributed by atoms with van der Waals surface area (Å²) in [4.78, 5) is 8.94. The summed E-state index contributed by atoms with van der Waals surface area (Å²) in [5, 5.41) is 10.5. The van der Waals surface area contributed by atoms with Crippen LogP contribution in [0, 0.1) is 0 Å². The van der Waals surface area contributed by atoms with E-state index in [-0.39, 0.29) is 18.3 Å². The quantitative estimate of drug-likeness (QED) is 0.612. The topological polar surface area (TPSA) is 50.4 Å². The van der Waals surface area contributed by atoms with Gasteiger partial charge in [-0.25, -0.2) is 4.98 Å². The molecule has 0 aliphatic heterocycles. The molecule has 0 amide bonds. The van der Waals surface area contributed by atoms with Crippen molar-refractivity contribution >= 4 is 18.1 Å². The highest BCUT2D eigenvalue weighted by molar-refractivity contribution is 5.85. The first-order chi connectivity index (χ1) is 11.3. The molecule has 120 valence electrons. The van der Waals surface area contributed by atoms with Crippen LogP contribution in [0.5, 0.6) is 5.88 Å². The van der Waals surface area contributed by atoms with Crippen molar-refractivity contribution in [1.82, 2.24) is 14.4 Å². The number of aromatic hydroxyl groups is 1. The Labute approximate surface area is 145 Å². The molecule has 0 spiro atoms. The first-order valence-corrected chi connectivity index (χ1v) is 7.46. The molecule has 0 bridgehead atoms. The molecule has 1 N–H and O–H groups in total. The van der Waals surface area contributed by atoms with E-state index in [0.717, 1.165) is 16.8 Å². The Balaban J connectivity index is 0.00000169. The Morgan fingerprint density at radius 3 is 2.29 bits per heavy atom. The smallest absolute Gasteiger partial charge is 0.219 e. The molecular weight excluding hydrogens is 322 g/mol. The van der Waals surface area contributed by atoms with Crippen LogP contribution in [-0.2, 0) is 6.42 Å². The molecular formula is C19H16ClN3O. The second-order valence-corrected chi connectivity index (χ2v) is 5.41. The summed E-state index contributed by atoms with van der Waals surface area (Å²) in [5.41, 5.74) is 4.22. The molecule has 2 aromatic heterocycles. The Morgan fingerprint density at radius 2 is 1.58 bits per heavy atom. The standard InChI is InChI=1S/C19H15N3O.ClH/c23-19-16(11-14-7-3-1-4-8-14)21-18-12-20-17(13-22(18)19)15-9-5-2-6-10-15;/h1-10,12-13,23H,11H2;1H. The van der Waals surface area contributed by atoms with Gasteiger partial charge in [-0.1, -0.05) is 60.7 Å². The fraction of sp³-hybridized carbons (Fsp3) is 0.0526. The van der Waals surface area contributed by atoms with Gasteiger partial charge in [0, 0.05) is 18.2 Å². The molecule has 0 aliphatic carbocycles. The molecule has 0 unspecified atom stereocenters. The van der Waals surface area contributed by atoms with Gasteiger partial charge in [-0.15, -0.1) is 12.4 Å². The number of hydrogen-bond acceptors (Lipinski definition) is 3. The molecule has 2 heterocycles. The van der Waals surface area contributed by atoms with E-state index >= 15 is 0 Å². The highest BCUT2D eigenvalue weighted by Gasteiger charge is 2.13. The molecule has 2 aromatic carbocycles. The van der Waals surface area contributed by atoms with Crippen LogP contribution in [0.4, 0.5) is 0 Å². The largest absolute Gasteiger partial charge is 0.493 e. The van der Waals surface area contributed by atoms with Gasteiger partial charge < -0.3 is 5.11 Å². The van der Waals surface area contributed by atoms with Gasteiger partial charge in [-0.3, -0.25) is 9.38 Å². The fourth-order valence-electron chi connectivity index (χ4n) is 2.66. The summed E-state index contributed by atoms with van der Waals surface area (Å²) < 4.78 is 1.69. The molecule has 4 aromatic rings. The lowest BCUT2D eigenvalue weighted by Gasteiger charge is -2.02. The van der Waals surface area contributed by atoms with E-state index in [1.165, 1.54) is 0 Å². The SMILES string of the molecule is Cl.Oc1c(Cc2ccccc2)nc2cnc(-c3ccccc3)cn12. The monoisotopic (exact) mass is 337 g/mol. The van der Waals surface area contributed by atoms with Gasteiger partial charge in [0.25, 0.3) is 0 Å². The van der Waals surface area contributed by atoms with Crippen molar-refractivity contribution in [1.29, 1.82) is 0 Å². The maximum Gasteiger partial charge on any atom is 0.219 e. The minimum absolute atomic E-state index is 0. The summed E-state index contributed by atoms with van der Waals surface area (Å²) in [6, 6.07) is 19.9. The molecule has 4 rings (SSSR count). The zero-order valence-electron chi connectivity index (χ0n) is 12.8. The van der Waals surface area contributed by atoms with Gasteiger partial charge in [0.15, 0.2) is 5.65 Å². The van der Waals surface area contributed by atoms with E-state index in [2.05, 4.69) is 9.97 Å².